The summed E-state index contributed by atoms with van der Waals surface area (Å²) in [6, 6.07) is 16.1. The molecule has 0 heterocycles. The molecule has 176 valence electrons. The molecule has 0 spiro atoms. The molecule has 0 radical (unpaired) electrons. The zero-order valence-corrected chi connectivity index (χ0v) is 19.7. The standard InChI is InChI=1S/C28H34FNO3/c1-3-21(18-29)20-33-25-10-6-23(7-11-25)27-12-15-28(16-13-27,17-14-27)26(31)30-19-22-4-8-24(32-2)9-5-22/h4-11,18H,3,12-17,19-20H2,1-2H3,(H,30,31)/b21-18+. The van der Waals surface area contributed by atoms with Gasteiger partial charge in [0.15, 0.2) is 0 Å². The molecule has 5 heteroatoms. The van der Waals surface area contributed by atoms with E-state index in [1.165, 1.54) is 5.56 Å². The number of ether oxygens (including phenoxy) is 2. The second kappa shape index (κ2) is 9.98. The number of halogens is 1. The Morgan fingerprint density at radius 3 is 2.12 bits per heavy atom. The lowest BCUT2D eigenvalue weighted by atomic mass is 9.51. The lowest BCUT2D eigenvalue weighted by Crippen LogP contribution is -2.51. The Morgan fingerprint density at radius 1 is 0.970 bits per heavy atom. The van der Waals surface area contributed by atoms with Crippen LogP contribution in [0.5, 0.6) is 11.5 Å². The van der Waals surface area contributed by atoms with Gasteiger partial charge in [-0.1, -0.05) is 31.2 Å². The third-order valence-electron chi connectivity index (χ3n) is 7.84. The summed E-state index contributed by atoms with van der Waals surface area (Å²) in [5, 5.41) is 3.19. The molecule has 3 fully saturated rings. The summed E-state index contributed by atoms with van der Waals surface area (Å²) in [6.45, 7) is 2.75. The number of rotatable bonds is 9. The fraction of sp³-hybridized carbons (Fsp3) is 0.464. The number of amides is 1. The minimum atomic E-state index is -0.230. The maximum absolute atomic E-state index is 13.2. The topological polar surface area (TPSA) is 47.6 Å². The lowest BCUT2D eigenvalue weighted by Gasteiger charge is -2.52. The van der Waals surface area contributed by atoms with Crippen LogP contribution in [0.3, 0.4) is 0 Å². The summed E-state index contributed by atoms with van der Waals surface area (Å²) < 4.78 is 23.7. The number of hydrogen-bond donors (Lipinski definition) is 1. The first-order valence-electron chi connectivity index (χ1n) is 12.0. The summed E-state index contributed by atoms with van der Waals surface area (Å²) in [7, 11) is 1.65. The van der Waals surface area contributed by atoms with Crippen LogP contribution in [0.25, 0.3) is 0 Å². The molecular formula is C28H34FNO3. The first kappa shape index (κ1) is 23.3. The zero-order chi connectivity index (χ0) is 23.3. The van der Waals surface area contributed by atoms with E-state index in [0.29, 0.717) is 24.9 Å². The van der Waals surface area contributed by atoms with Crippen LogP contribution < -0.4 is 14.8 Å². The maximum Gasteiger partial charge on any atom is 0.226 e. The van der Waals surface area contributed by atoms with Gasteiger partial charge in [0.2, 0.25) is 5.91 Å². The van der Waals surface area contributed by atoms with E-state index in [1.807, 2.05) is 43.3 Å². The van der Waals surface area contributed by atoms with E-state index in [2.05, 4.69) is 17.4 Å². The van der Waals surface area contributed by atoms with Crippen LogP contribution >= 0.6 is 0 Å². The Bertz CT molecular complexity index is 957. The van der Waals surface area contributed by atoms with E-state index >= 15 is 0 Å². The van der Waals surface area contributed by atoms with Crippen LogP contribution in [-0.4, -0.2) is 19.6 Å². The maximum atomic E-state index is 13.2. The van der Waals surface area contributed by atoms with Crippen molar-refractivity contribution in [2.75, 3.05) is 13.7 Å². The van der Waals surface area contributed by atoms with Gasteiger partial charge < -0.3 is 14.8 Å². The SMILES string of the molecule is CC/C(=C\F)COc1ccc(C23CCC(C(=O)NCc4ccc(OC)cc4)(CC2)CC3)cc1. The highest BCUT2D eigenvalue weighted by atomic mass is 19.1. The van der Waals surface area contributed by atoms with Crippen LogP contribution in [0.4, 0.5) is 4.39 Å². The summed E-state index contributed by atoms with van der Waals surface area (Å²) in [5.74, 6) is 1.78. The van der Waals surface area contributed by atoms with Gasteiger partial charge in [-0.2, -0.15) is 0 Å². The van der Waals surface area contributed by atoms with Crippen molar-refractivity contribution < 1.29 is 18.7 Å². The molecule has 2 aromatic carbocycles. The van der Waals surface area contributed by atoms with Crippen LogP contribution in [0.1, 0.15) is 63.0 Å². The Morgan fingerprint density at radius 2 is 1.58 bits per heavy atom. The fourth-order valence-electron chi connectivity index (χ4n) is 5.36. The monoisotopic (exact) mass is 451 g/mol. The molecule has 33 heavy (non-hydrogen) atoms. The molecule has 3 saturated carbocycles. The number of hydrogen-bond acceptors (Lipinski definition) is 3. The van der Waals surface area contributed by atoms with Crippen molar-refractivity contribution in [1.82, 2.24) is 5.32 Å². The van der Waals surface area contributed by atoms with Crippen molar-refractivity contribution in [3.8, 4) is 11.5 Å². The first-order chi connectivity index (χ1) is 16.0. The van der Waals surface area contributed by atoms with Gasteiger partial charge in [-0.05, 0) is 91.3 Å². The van der Waals surface area contributed by atoms with E-state index < -0.39 is 0 Å². The highest BCUT2D eigenvalue weighted by molar-refractivity contribution is 5.83. The van der Waals surface area contributed by atoms with E-state index in [0.717, 1.165) is 55.6 Å². The quantitative estimate of drug-likeness (QED) is 0.490. The summed E-state index contributed by atoms with van der Waals surface area (Å²) in [6.07, 6.45) is 7.18. The average Bonchev–Trinajstić information content (AvgIpc) is 2.89. The van der Waals surface area contributed by atoms with Gasteiger partial charge in [-0.3, -0.25) is 4.79 Å². The Labute approximate surface area is 196 Å². The molecule has 5 rings (SSSR count). The summed E-state index contributed by atoms with van der Waals surface area (Å²) in [4.78, 5) is 13.2. The molecule has 3 aliphatic rings. The molecule has 2 bridgehead atoms. The van der Waals surface area contributed by atoms with E-state index in [-0.39, 0.29) is 23.3 Å². The highest BCUT2D eigenvalue weighted by Gasteiger charge is 2.52. The van der Waals surface area contributed by atoms with E-state index in [9.17, 15) is 9.18 Å². The number of benzene rings is 2. The molecule has 1 N–H and O–H groups in total. The molecule has 0 saturated heterocycles. The number of carbonyl (C=O) groups is 1. The van der Waals surface area contributed by atoms with Crippen molar-refractivity contribution in [3.05, 3.63) is 71.6 Å². The van der Waals surface area contributed by atoms with Crippen molar-refractivity contribution >= 4 is 5.91 Å². The zero-order valence-electron chi connectivity index (χ0n) is 19.7. The van der Waals surface area contributed by atoms with Gasteiger partial charge >= 0.3 is 0 Å². The van der Waals surface area contributed by atoms with Crippen molar-refractivity contribution in [3.63, 3.8) is 0 Å². The Kier molecular flexibility index (Phi) is 7.06. The second-order valence-corrected chi connectivity index (χ2v) is 9.53. The molecule has 1 amide bonds. The molecule has 0 atom stereocenters. The van der Waals surface area contributed by atoms with Crippen LogP contribution in [0.2, 0.25) is 0 Å². The predicted octanol–water partition coefficient (Wildman–Crippen LogP) is 6.25. The summed E-state index contributed by atoms with van der Waals surface area (Å²) >= 11 is 0. The normalized spacial score (nSPS) is 24.4. The highest BCUT2D eigenvalue weighted by Crippen LogP contribution is 2.58. The van der Waals surface area contributed by atoms with Gasteiger partial charge in [0.25, 0.3) is 0 Å². The van der Waals surface area contributed by atoms with E-state index in [4.69, 9.17) is 9.47 Å². The molecular weight excluding hydrogens is 417 g/mol. The van der Waals surface area contributed by atoms with Gasteiger partial charge in [-0.15, -0.1) is 0 Å². The largest absolute Gasteiger partial charge is 0.497 e. The van der Waals surface area contributed by atoms with Gasteiger partial charge in [0.1, 0.15) is 18.1 Å². The number of nitrogens with one attached hydrogen (secondary N) is 1. The molecule has 3 aliphatic carbocycles. The lowest BCUT2D eigenvalue weighted by molar-refractivity contribution is -0.138. The van der Waals surface area contributed by atoms with Crippen LogP contribution in [0, 0.1) is 5.41 Å². The third kappa shape index (κ3) is 4.92. The third-order valence-corrected chi connectivity index (χ3v) is 7.84. The molecule has 2 aromatic rings. The Balaban J connectivity index is 1.33. The van der Waals surface area contributed by atoms with Crippen LogP contribution in [-0.2, 0) is 16.8 Å². The van der Waals surface area contributed by atoms with Gasteiger partial charge in [0, 0.05) is 12.0 Å². The van der Waals surface area contributed by atoms with E-state index in [1.54, 1.807) is 7.11 Å². The van der Waals surface area contributed by atoms with Crippen LogP contribution in [0.15, 0.2) is 60.4 Å². The smallest absolute Gasteiger partial charge is 0.226 e. The first-order valence-corrected chi connectivity index (χ1v) is 12.0. The fourth-order valence-corrected chi connectivity index (χ4v) is 5.36. The molecule has 0 aliphatic heterocycles. The molecule has 0 unspecified atom stereocenters. The minimum Gasteiger partial charge on any atom is -0.497 e. The van der Waals surface area contributed by atoms with Crippen molar-refractivity contribution in [2.24, 2.45) is 5.41 Å². The van der Waals surface area contributed by atoms with Crippen molar-refractivity contribution in [2.45, 2.75) is 63.8 Å². The predicted molar refractivity (Wildman–Crippen MR) is 128 cm³/mol. The average molecular weight is 452 g/mol. The van der Waals surface area contributed by atoms with Crippen molar-refractivity contribution in [1.29, 1.82) is 0 Å². The minimum absolute atomic E-state index is 0.157. The number of methoxy groups -OCH3 is 1. The second-order valence-electron chi connectivity index (χ2n) is 9.53. The number of carbonyl (C=O) groups excluding carboxylic acids is 1. The van der Waals surface area contributed by atoms with Gasteiger partial charge in [0.05, 0.1) is 13.4 Å². The van der Waals surface area contributed by atoms with Gasteiger partial charge in [-0.25, -0.2) is 4.39 Å². The molecule has 4 nitrogen and oxygen atoms in total. The number of fused-ring (bicyclic) bond motifs is 3. The Hall–Kier alpha value is -2.82. The molecule has 0 aromatic heterocycles. The summed E-state index contributed by atoms with van der Waals surface area (Å²) in [5.41, 5.74) is 2.99.